The molecule has 4 nitrogen and oxygen atoms in total. The molecule has 0 aliphatic heterocycles. The van der Waals surface area contributed by atoms with Gasteiger partial charge in [0.1, 0.15) is 0 Å². The first-order valence-corrected chi connectivity index (χ1v) is 7.05. The fraction of sp³-hybridized carbons (Fsp3) is 0.714. The van der Waals surface area contributed by atoms with E-state index in [2.05, 4.69) is 5.10 Å². The fourth-order valence-electron chi connectivity index (χ4n) is 3.25. The van der Waals surface area contributed by atoms with Gasteiger partial charge in [0.2, 0.25) is 0 Å². The number of hydrogen-bond donors (Lipinski definition) is 1. The molecule has 4 heteroatoms. The van der Waals surface area contributed by atoms with Gasteiger partial charge >= 0.3 is 0 Å². The Morgan fingerprint density at radius 3 is 2.78 bits per heavy atom. The Hall–Kier alpha value is -1.16. The molecule has 2 aliphatic carbocycles. The maximum atomic E-state index is 12.0. The molecule has 1 aromatic rings. The van der Waals surface area contributed by atoms with Crippen LogP contribution in [0.3, 0.4) is 0 Å². The molecule has 2 aliphatic rings. The van der Waals surface area contributed by atoms with E-state index < -0.39 is 0 Å². The number of hydrogen-bond acceptors (Lipinski definition) is 3. The van der Waals surface area contributed by atoms with Crippen molar-refractivity contribution in [3.05, 3.63) is 17.5 Å². The van der Waals surface area contributed by atoms with Crippen LogP contribution >= 0.6 is 0 Å². The van der Waals surface area contributed by atoms with Crippen molar-refractivity contribution in [2.24, 2.45) is 0 Å². The zero-order valence-corrected chi connectivity index (χ0v) is 10.6. The number of carbonyl (C=O) groups excluding carboxylic acids is 1. The van der Waals surface area contributed by atoms with Crippen LogP contribution in [0, 0.1) is 0 Å². The highest BCUT2D eigenvalue weighted by molar-refractivity contribution is 5.97. The zero-order chi connectivity index (χ0) is 12.5. The Bertz CT molecular complexity index is 453. The van der Waals surface area contributed by atoms with E-state index in [0.29, 0.717) is 6.42 Å². The molecule has 0 radical (unpaired) electrons. The lowest BCUT2D eigenvalue weighted by Gasteiger charge is -2.29. The van der Waals surface area contributed by atoms with E-state index in [4.69, 9.17) is 0 Å². The van der Waals surface area contributed by atoms with Gasteiger partial charge in [0, 0.05) is 12.1 Å². The van der Waals surface area contributed by atoms with Gasteiger partial charge in [0.15, 0.2) is 5.78 Å². The lowest BCUT2D eigenvalue weighted by Crippen LogP contribution is -2.29. The molecule has 18 heavy (non-hydrogen) atoms. The minimum Gasteiger partial charge on any atom is -0.391 e. The van der Waals surface area contributed by atoms with Gasteiger partial charge in [-0.25, -0.2) is 0 Å². The average molecular weight is 248 g/mol. The Balaban J connectivity index is 1.95. The van der Waals surface area contributed by atoms with Gasteiger partial charge in [-0.3, -0.25) is 9.48 Å². The van der Waals surface area contributed by atoms with Crippen LogP contribution in [0.2, 0.25) is 0 Å². The van der Waals surface area contributed by atoms with Crippen LogP contribution < -0.4 is 0 Å². The summed E-state index contributed by atoms with van der Waals surface area (Å²) in [6.07, 6.45) is 9.07. The molecule has 1 heterocycles. The highest BCUT2D eigenvalue weighted by Gasteiger charge is 2.29. The first kappa shape index (κ1) is 11.9. The van der Waals surface area contributed by atoms with Crippen LogP contribution in [0.4, 0.5) is 0 Å². The number of Topliss-reactive ketones (excluding diaryl/α,β-unsaturated/α-hetero) is 1. The molecule has 2 unspecified atom stereocenters. The Morgan fingerprint density at radius 1 is 1.17 bits per heavy atom. The average Bonchev–Trinajstić information content (AvgIpc) is 2.70. The second-order valence-corrected chi connectivity index (χ2v) is 5.50. The highest BCUT2D eigenvalue weighted by atomic mass is 16.3. The minimum atomic E-state index is -0.305. The van der Waals surface area contributed by atoms with Crippen LogP contribution in [-0.4, -0.2) is 26.8 Å². The van der Waals surface area contributed by atoms with Gasteiger partial charge in [-0.05, 0) is 32.1 Å². The summed E-state index contributed by atoms with van der Waals surface area (Å²) in [6.45, 7) is 0. The predicted octanol–water partition coefficient (Wildman–Crippen LogP) is 2.27. The third-order valence-electron chi connectivity index (χ3n) is 4.27. The smallest absolute Gasteiger partial charge is 0.166 e. The number of ketones is 1. The first-order valence-electron chi connectivity index (χ1n) is 7.05. The van der Waals surface area contributed by atoms with E-state index in [0.717, 1.165) is 56.2 Å². The summed E-state index contributed by atoms with van der Waals surface area (Å²) in [5, 5.41) is 14.5. The summed E-state index contributed by atoms with van der Waals surface area (Å²) < 4.78 is 1.95. The highest BCUT2D eigenvalue weighted by Crippen LogP contribution is 2.31. The third-order valence-corrected chi connectivity index (χ3v) is 4.27. The number of rotatable bonds is 1. The van der Waals surface area contributed by atoms with E-state index >= 15 is 0 Å². The van der Waals surface area contributed by atoms with Crippen LogP contribution in [0.1, 0.15) is 67.0 Å². The van der Waals surface area contributed by atoms with E-state index in [-0.39, 0.29) is 17.9 Å². The maximum absolute atomic E-state index is 12.0. The monoisotopic (exact) mass is 248 g/mol. The van der Waals surface area contributed by atoms with E-state index in [1.807, 2.05) is 4.68 Å². The zero-order valence-electron chi connectivity index (χ0n) is 10.6. The van der Waals surface area contributed by atoms with Crippen molar-refractivity contribution in [3.8, 4) is 0 Å². The quantitative estimate of drug-likeness (QED) is 0.776. The molecule has 2 atom stereocenters. The molecule has 0 bridgehead atoms. The number of carbonyl (C=O) groups is 1. The summed E-state index contributed by atoms with van der Waals surface area (Å²) >= 11 is 0. The fourth-order valence-corrected chi connectivity index (χ4v) is 3.25. The van der Waals surface area contributed by atoms with E-state index in [1.54, 1.807) is 6.20 Å². The van der Waals surface area contributed by atoms with Crippen molar-refractivity contribution in [1.29, 1.82) is 0 Å². The molecular formula is C14H20N2O2. The summed E-state index contributed by atoms with van der Waals surface area (Å²) in [7, 11) is 0. The van der Waals surface area contributed by atoms with Gasteiger partial charge in [0.05, 0.1) is 23.9 Å². The number of aliphatic hydroxyl groups is 1. The maximum Gasteiger partial charge on any atom is 0.166 e. The third kappa shape index (κ3) is 1.99. The summed E-state index contributed by atoms with van der Waals surface area (Å²) in [6, 6.07) is 0.0772. The van der Waals surface area contributed by atoms with Crippen molar-refractivity contribution in [2.75, 3.05) is 0 Å². The molecule has 1 aromatic heterocycles. The lowest BCUT2D eigenvalue weighted by molar-refractivity contribution is 0.0678. The Labute approximate surface area is 107 Å². The van der Waals surface area contributed by atoms with Crippen molar-refractivity contribution < 1.29 is 9.90 Å². The lowest BCUT2D eigenvalue weighted by atomic mass is 9.92. The van der Waals surface area contributed by atoms with Crippen LogP contribution in [0.25, 0.3) is 0 Å². The van der Waals surface area contributed by atoms with Crippen LogP contribution in [-0.2, 0) is 6.42 Å². The Kier molecular flexibility index (Phi) is 3.20. The van der Waals surface area contributed by atoms with Crippen molar-refractivity contribution in [3.63, 3.8) is 0 Å². The number of aliphatic hydroxyl groups excluding tert-OH is 1. The first-order chi connectivity index (χ1) is 8.77. The minimum absolute atomic E-state index is 0.0772. The number of fused-ring (bicyclic) bond motifs is 1. The van der Waals surface area contributed by atoms with E-state index in [1.165, 1.54) is 0 Å². The largest absolute Gasteiger partial charge is 0.391 e. The van der Waals surface area contributed by atoms with Crippen molar-refractivity contribution in [1.82, 2.24) is 9.78 Å². The normalized spacial score (nSPS) is 28.8. The molecule has 1 fully saturated rings. The van der Waals surface area contributed by atoms with Gasteiger partial charge in [0.25, 0.3) is 0 Å². The SMILES string of the molecule is O=C1CCCCc2c1cnn2C1CCCCC1O. The second kappa shape index (κ2) is 4.84. The second-order valence-electron chi connectivity index (χ2n) is 5.50. The molecule has 0 amide bonds. The number of aromatic nitrogens is 2. The molecule has 0 saturated heterocycles. The van der Waals surface area contributed by atoms with Crippen LogP contribution in [0.15, 0.2) is 6.20 Å². The molecule has 3 rings (SSSR count). The molecule has 0 aromatic carbocycles. The summed E-state index contributed by atoms with van der Waals surface area (Å²) in [5.74, 6) is 0.221. The molecular weight excluding hydrogens is 228 g/mol. The van der Waals surface area contributed by atoms with E-state index in [9.17, 15) is 9.90 Å². The topological polar surface area (TPSA) is 55.1 Å². The van der Waals surface area contributed by atoms with Gasteiger partial charge in [-0.2, -0.15) is 5.10 Å². The molecule has 0 spiro atoms. The molecule has 1 N–H and O–H groups in total. The van der Waals surface area contributed by atoms with Gasteiger partial charge < -0.3 is 5.11 Å². The van der Waals surface area contributed by atoms with Gasteiger partial charge in [-0.15, -0.1) is 0 Å². The Morgan fingerprint density at radius 2 is 1.94 bits per heavy atom. The predicted molar refractivity (Wildman–Crippen MR) is 67.6 cm³/mol. The molecule has 1 saturated carbocycles. The standard InChI is InChI=1S/C14H20N2O2/c17-13-7-3-1-5-11-10(13)9-15-16(11)12-6-2-4-8-14(12)18/h9,12,14,18H,1-8H2. The van der Waals surface area contributed by atoms with Gasteiger partial charge in [-0.1, -0.05) is 12.8 Å². The summed E-state index contributed by atoms with van der Waals surface area (Å²) in [4.78, 5) is 12.0. The molecule has 98 valence electrons. The number of nitrogens with zero attached hydrogens (tertiary/aromatic N) is 2. The summed E-state index contributed by atoms with van der Waals surface area (Å²) in [5.41, 5.74) is 1.86. The van der Waals surface area contributed by atoms with Crippen molar-refractivity contribution in [2.45, 2.75) is 63.5 Å². The van der Waals surface area contributed by atoms with Crippen LogP contribution in [0.5, 0.6) is 0 Å². The van der Waals surface area contributed by atoms with Crippen molar-refractivity contribution >= 4 is 5.78 Å².